The average molecular weight is 322 g/mol. The van der Waals surface area contributed by atoms with Gasteiger partial charge in [-0.1, -0.05) is 17.7 Å². The Morgan fingerprint density at radius 3 is 2.57 bits per heavy atom. The van der Waals surface area contributed by atoms with Crippen molar-refractivity contribution in [3.8, 4) is 5.75 Å². The summed E-state index contributed by atoms with van der Waals surface area (Å²) in [5.74, 6) is 0.744. The minimum Gasteiger partial charge on any atom is -0.497 e. The minimum atomic E-state index is -0.211. The van der Waals surface area contributed by atoms with Crippen LogP contribution in [0.3, 0.4) is 0 Å². The number of carbonyl (C=O) groups excluding carboxylic acids is 1. The number of ether oxygens (including phenoxy) is 1. The van der Waals surface area contributed by atoms with E-state index in [0.29, 0.717) is 10.7 Å². The van der Waals surface area contributed by atoms with Gasteiger partial charge in [0.1, 0.15) is 5.75 Å². The summed E-state index contributed by atoms with van der Waals surface area (Å²) in [5.41, 5.74) is 0.703. The molecule has 0 radical (unpaired) electrons. The Balaban J connectivity index is 1.95. The average Bonchev–Trinajstić information content (AvgIpc) is 2.48. The highest BCUT2D eigenvalue weighted by Gasteiger charge is 2.14. The number of hydrogen-bond donors (Lipinski definition) is 1. The van der Waals surface area contributed by atoms with Gasteiger partial charge in [-0.2, -0.15) is 0 Å². The Kier molecular flexibility index (Phi) is 5.53. The zero-order valence-corrected chi connectivity index (χ0v) is 13.4. The van der Waals surface area contributed by atoms with E-state index in [9.17, 15) is 4.79 Å². The molecule has 5 heteroatoms. The van der Waals surface area contributed by atoms with Crippen molar-refractivity contribution in [1.29, 1.82) is 0 Å². The fraction of sp³-hybridized carbons (Fsp3) is 0.188. The van der Waals surface area contributed by atoms with E-state index >= 15 is 0 Å². The standard InChI is InChI=1S/C16H16ClNO2S/c1-11(21-15-8-6-14(20-2)7-9-15)16(19)18-13-5-3-4-12(17)10-13/h3-11H,1-2H3,(H,18,19)/t11-/m1/s1. The summed E-state index contributed by atoms with van der Waals surface area (Å²) in [6.07, 6.45) is 0. The van der Waals surface area contributed by atoms with Gasteiger partial charge in [-0.25, -0.2) is 0 Å². The highest BCUT2D eigenvalue weighted by Crippen LogP contribution is 2.26. The highest BCUT2D eigenvalue weighted by molar-refractivity contribution is 8.00. The first-order valence-corrected chi connectivity index (χ1v) is 7.71. The second kappa shape index (κ2) is 7.38. The summed E-state index contributed by atoms with van der Waals surface area (Å²) in [6.45, 7) is 1.87. The lowest BCUT2D eigenvalue weighted by molar-refractivity contribution is -0.115. The Hall–Kier alpha value is -1.65. The molecular formula is C16H16ClNO2S. The molecule has 0 aliphatic heterocycles. The van der Waals surface area contributed by atoms with Crippen molar-refractivity contribution in [3.05, 3.63) is 53.6 Å². The number of carbonyl (C=O) groups is 1. The van der Waals surface area contributed by atoms with Crippen molar-refractivity contribution in [2.24, 2.45) is 0 Å². The van der Waals surface area contributed by atoms with Crippen molar-refractivity contribution in [3.63, 3.8) is 0 Å². The summed E-state index contributed by atoms with van der Waals surface area (Å²) < 4.78 is 5.11. The second-order valence-corrected chi connectivity index (χ2v) is 6.29. The van der Waals surface area contributed by atoms with E-state index in [4.69, 9.17) is 16.3 Å². The first kappa shape index (κ1) is 15.7. The molecule has 0 spiro atoms. The molecule has 0 aliphatic rings. The fourth-order valence-electron chi connectivity index (χ4n) is 1.72. The Bertz CT molecular complexity index is 616. The lowest BCUT2D eigenvalue weighted by Gasteiger charge is -2.12. The van der Waals surface area contributed by atoms with Crippen LogP contribution in [0.2, 0.25) is 5.02 Å². The molecule has 21 heavy (non-hydrogen) atoms. The first-order chi connectivity index (χ1) is 10.1. The topological polar surface area (TPSA) is 38.3 Å². The summed E-state index contributed by atoms with van der Waals surface area (Å²) in [7, 11) is 1.63. The molecule has 2 aromatic rings. The molecule has 0 bridgehead atoms. The van der Waals surface area contributed by atoms with Crippen LogP contribution in [0.25, 0.3) is 0 Å². The van der Waals surface area contributed by atoms with E-state index in [1.165, 1.54) is 11.8 Å². The quantitative estimate of drug-likeness (QED) is 0.826. The van der Waals surface area contributed by atoms with Crippen molar-refractivity contribution in [1.82, 2.24) is 0 Å². The molecule has 0 aromatic heterocycles. The third kappa shape index (κ3) is 4.69. The zero-order chi connectivity index (χ0) is 15.2. The third-order valence-corrected chi connectivity index (χ3v) is 4.18. The number of rotatable bonds is 5. The van der Waals surface area contributed by atoms with Gasteiger partial charge in [0, 0.05) is 15.6 Å². The number of thioether (sulfide) groups is 1. The summed E-state index contributed by atoms with van der Waals surface area (Å²) in [6, 6.07) is 14.7. The highest BCUT2D eigenvalue weighted by atomic mass is 35.5. The van der Waals surface area contributed by atoms with Crippen LogP contribution < -0.4 is 10.1 Å². The van der Waals surface area contributed by atoms with E-state index in [1.54, 1.807) is 25.3 Å². The van der Waals surface area contributed by atoms with Crippen molar-refractivity contribution < 1.29 is 9.53 Å². The Morgan fingerprint density at radius 2 is 1.95 bits per heavy atom. The molecular weight excluding hydrogens is 306 g/mol. The van der Waals surface area contributed by atoms with Gasteiger partial charge < -0.3 is 10.1 Å². The predicted octanol–water partition coefficient (Wildman–Crippen LogP) is 4.47. The van der Waals surface area contributed by atoms with Crippen molar-refractivity contribution in [2.75, 3.05) is 12.4 Å². The maximum atomic E-state index is 12.2. The maximum absolute atomic E-state index is 12.2. The van der Waals surface area contributed by atoms with E-state index in [0.717, 1.165) is 10.6 Å². The predicted molar refractivity (Wildman–Crippen MR) is 88.4 cm³/mol. The van der Waals surface area contributed by atoms with Gasteiger partial charge in [0.05, 0.1) is 12.4 Å². The van der Waals surface area contributed by atoms with Crippen LogP contribution in [0, 0.1) is 0 Å². The smallest absolute Gasteiger partial charge is 0.237 e. The van der Waals surface area contributed by atoms with Crippen LogP contribution >= 0.6 is 23.4 Å². The molecule has 2 rings (SSSR count). The zero-order valence-electron chi connectivity index (χ0n) is 11.8. The molecule has 0 unspecified atom stereocenters. The normalized spacial score (nSPS) is 11.8. The number of benzene rings is 2. The van der Waals surface area contributed by atoms with Crippen LogP contribution in [-0.2, 0) is 4.79 Å². The molecule has 110 valence electrons. The Labute approximate surface area is 133 Å². The van der Waals surface area contributed by atoms with Crippen molar-refractivity contribution >= 4 is 35.0 Å². The van der Waals surface area contributed by atoms with Crippen LogP contribution in [0.5, 0.6) is 5.75 Å². The second-order valence-electron chi connectivity index (χ2n) is 4.44. The molecule has 3 nitrogen and oxygen atoms in total. The molecule has 1 N–H and O–H groups in total. The maximum Gasteiger partial charge on any atom is 0.237 e. The molecule has 0 saturated heterocycles. The molecule has 2 aromatic carbocycles. The fourth-order valence-corrected chi connectivity index (χ4v) is 2.78. The van der Waals surface area contributed by atoms with Crippen LogP contribution in [0.1, 0.15) is 6.92 Å². The van der Waals surface area contributed by atoms with Gasteiger partial charge in [-0.15, -0.1) is 11.8 Å². The summed E-state index contributed by atoms with van der Waals surface area (Å²) >= 11 is 7.39. The SMILES string of the molecule is COc1ccc(S[C@H](C)C(=O)Nc2cccc(Cl)c2)cc1. The van der Waals surface area contributed by atoms with E-state index in [-0.39, 0.29) is 11.2 Å². The van der Waals surface area contributed by atoms with Crippen LogP contribution in [-0.4, -0.2) is 18.3 Å². The lowest BCUT2D eigenvalue weighted by Crippen LogP contribution is -2.22. The number of anilines is 1. The monoisotopic (exact) mass is 321 g/mol. The van der Waals surface area contributed by atoms with E-state index < -0.39 is 0 Å². The molecule has 0 saturated carbocycles. The van der Waals surface area contributed by atoms with Gasteiger partial charge in [-0.05, 0) is 49.4 Å². The third-order valence-electron chi connectivity index (χ3n) is 2.83. The van der Waals surface area contributed by atoms with Gasteiger partial charge in [0.2, 0.25) is 5.91 Å². The summed E-state index contributed by atoms with van der Waals surface area (Å²) in [5, 5.41) is 3.25. The van der Waals surface area contributed by atoms with E-state index in [2.05, 4.69) is 5.32 Å². The molecule has 0 aliphatic carbocycles. The number of amides is 1. The minimum absolute atomic E-state index is 0.0573. The van der Waals surface area contributed by atoms with Gasteiger partial charge in [-0.3, -0.25) is 4.79 Å². The number of halogens is 1. The molecule has 1 amide bonds. The van der Waals surface area contributed by atoms with E-state index in [1.807, 2.05) is 37.3 Å². The number of methoxy groups -OCH3 is 1. The van der Waals surface area contributed by atoms with Crippen LogP contribution in [0.15, 0.2) is 53.4 Å². The Morgan fingerprint density at radius 1 is 1.24 bits per heavy atom. The van der Waals surface area contributed by atoms with Gasteiger partial charge >= 0.3 is 0 Å². The van der Waals surface area contributed by atoms with Gasteiger partial charge in [0.25, 0.3) is 0 Å². The van der Waals surface area contributed by atoms with Gasteiger partial charge in [0.15, 0.2) is 0 Å². The molecule has 0 fully saturated rings. The van der Waals surface area contributed by atoms with Crippen LogP contribution in [0.4, 0.5) is 5.69 Å². The molecule has 0 heterocycles. The first-order valence-electron chi connectivity index (χ1n) is 6.45. The molecule has 1 atom stereocenters. The van der Waals surface area contributed by atoms with Crippen molar-refractivity contribution in [2.45, 2.75) is 17.1 Å². The number of hydrogen-bond acceptors (Lipinski definition) is 3. The number of nitrogens with one attached hydrogen (secondary N) is 1. The largest absolute Gasteiger partial charge is 0.497 e. The lowest BCUT2D eigenvalue weighted by atomic mass is 10.3. The summed E-state index contributed by atoms with van der Waals surface area (Å²) in [4.78, 5) is 13.2.